The maximum absolute atomic E-state index is 13.7. The summed E-state index contributed by atoms with van der Waals surface area (Å²) in [6.45, 7) is 9.19. The highest BCUT2D eigenvalue weighted by atomic mass is 16.7. The lowest BCUT2D eigenvalue weighted by Crippen LogP contribution is -2.13. The number of nitrogens with zero attached hydrogens (tertiary/aromatic N) is 3. The first kappa shape index (κ1) is 57.2. The Hall–Kier alpha value is -7.74. The number of hydrogen-bond acceptors (Lipinski definition) is 13. The van der Waals surface area contributed by atoms with Gasteiger partial charge in [-0.15, -0.1) is 0 Å². The van der Waals surface area contributed by atoms with Gasteiger partial charge in [0.1, 0.15) is 17.2 Å². The van der Waals surface area contributed by atoms with Gasteiger partial charge in [-0.05, 0) is 177 Å². The molecule has 0 heterocycles. The Morgan fingerprint density at radius 1 is 0.500 bits per heavy atom. The zero-order valence-corrected chi connectivity index (χ0v) is 43.0. The van der Waals surface area contributed by atoms with Crippen LogP contribution in [0.25, 0.3) is 22.3 Å². The maximum atomic E-state index is 13.7. The minimum Gasteiger partial charge on any atom is -0.494 e. The van der Waals surface area contributed by atoms with Crippen molar-refractivity contribution < 1.29 is 52.7 Å². The Labute approximate surface area is 436 Å². The van der Waals surface area contributed by atoms with Crippen molar-refractivity contribution in [2.75, 3.05) is 52.0 Å². The number of unbranched alkanes of at least 4 members (excludes halogenated alkanes) is 11. The molecule has 0 aliphatic carbocycles. The number of carbonyl (C=O) groups is 4. The SMILES string of the molecule is C=CC(=O)OCCCCCCOc1ccc(-c2cc(CCCCCCCCOc3ccc(N=Nc4ccc(N(C)C)cc4)cc3)c(-c3ccc(OCCCCCCOC(=O)C=C)cc3)c(C(=O)OC(=O)O)c2)cc1. The molecule has 0 aromatic heterocycles. The number of carbonyl (C=O) groups excluding carboxylic acids is 3. The van der Waals surface area contributed by atoms with Crippen LogP contribution in [0.2, 0.25) is 0 Å². The molecule has 1 N–H and O–H groups in total. The third kappa shape index (κ3) is 20.8. The van der Waals surface area contributed by atoms with E-state index in [4.69, 9.17) is 28.4 Å². The number of azo groups is 1. The highest BCUT2D eigenvalue weighted by Crippen LogP contribution is 2.36. The molecule has 74 heavy (non-hydrogen) atoms. The maximum Gasteiger partial charge on any atom is 0.513 e. The summed E-state index contributed by atoms with van der Waals surface area (Å²) in [5.74, 6) is 0.363. The van der Waals surface area contributed by atoms with Crippen molar-refractivity contribution in [3.63, 3.8) is 0 Å². The second-order valence-corrected chi connectivity index (χ2v) is 17.9. The van der Waals surface area contributed by atoms with Gasteiger partial charge >= 0.3 is 24.1 Å². The van der Waals surface area contributed by atoms with E-state index in [0.717, 1.165) is 147 Å². The number of ether oxygens (including phenoxy) is 6. The van der Waals surface area contributed by atoms with Crippen LogP contribution in [-0.2, 0) is 30.2 Å². The lowest BCUT2D eigenvalue weighted by molar-refractivity contribution is -0.138. The summed E-state index contributed by atoms with van der Waals surface area (Å²) in [7, 11) is 4.00. The Morgan fingerprint density at radius 2 is 0.905 bits per heavy atom. The number of carboxylic acid groups (broad SMARTS) is 1. The van der Waals surface area contributed by atoms with Crippen LogP contribution < -0.4 is 19.1 Å². The van der Waals surface area contributed by atoms with Crippen molar-refractivity contribution in [1.82, 2.24) is 0 Å². The van der Waals surface area contributed by atoms with E-state index in [2.05, 4.69) is 29.5 Å². The third-order valence-corrected chi connectivity index (χ3v) is 12.0. The lowest BCUT2D eigenvalue weighted by Gasteiger charge is -2.18. The quantitative estimate of drug-likeness (QED) is 0.0103. The molecule has 14 heteroatoms. The Bertz CT molecular complexity index is 2560. The molecule has 0 atom stereocenters. The zero-order valence-electron chi connectivity index (χ0n) is 43.0. The average molecular weight is 1010 g/mol. The highest BCUT2D eigenvalue weighted by molar-refractivity contribution is 6.03. The molecule has 5 rings (SSSR count). The van der Waals surface area contributed by atoms with Crippen molar-refractivity contribution in [2.24, 2.45) is 10.2 Å². The van der Waals surface area contributed by atoms with Crippen LogP contribution in [0.1, 0.15) is 106 Å². The topological polar surface area (TPSA) is 172 Å². The zero-order chi connectivity index (χ0) is 52.8. The standard InChI is InChI=1S/C60H71N3O11/c1-5-56(64)72-41-19-13-11-17-39-69-52-32-22-45(23-33-52)48-43-47(21-15-9-7-8-10-16-38-71-54-36-28-50(29-37-54)62-61-49-26-30-51(31-27-49)63(3)4)58(55(44-48)59(66)74-60(67)68)46-24-34-53(35-25-46)70-40-18-12-14-20-42-73-57(65)6-2/h5-6,22-37,43-44H,1-2,7-21,38-42H2,3-4H3,(H,67,68). The molecule has 0 bridgehead atoms. The van der Waals surface area contributed by atoms with Crippen molar-refractivity contribution in [3.8, 4) is 39.5 Å². The molecule has 14 nitrogen and oxygen atoms in total. The van der Waals surface area contributed by atoms with Crippen molar-refractivity contribution in [3.05, 3.63) is 146 Å². The van der Waals surface area contributed by atoms with Crippen LogP contribution in [0.3, 0.4) is 0 Å². The molecule has 0 spiro atoms. The van der Waals surface area contributed by atoms with Gasteiger partial charge in [-0.3, -0.25) is 0 Å². The fourth-order valence-corrected chi connectivity index (χ4v) is 7.98. The summed E-state index contributed by atoms with van der Waals surface area (Å²) >= 11 is 0. The molecule has 0 fully saturated rings. The van der Waals surface area contributed by atoms with Gasteiger partial charge in [0.2, 0.25) is 0 Å². The van der Waals surface area contributed by atoms with Crippen molar-refractivity contribution in [1.29, 1.82) is 0 Å². The Kier molecular flexibility index (Phi) is 25.0. The first-order valence-corrected chi connectivity index (χ1v) is 25.6. The molecule has 0 radical (unpaired) electrons. The first-order valence-electron chi connectivity index (χ1n) is 25.6. The molecule has 0 aliphatic heterocycles. The summed E-state index contributed by atoms with van der Waals surface area (Å²) < 4.78 is 33.0. The summed E-state index contributed by atoms with van der Waals surface area (Å²) in [5, 5.41) is 18.3. The lowest BCUT2D eigenvalue weighted by atomic mass is 9.87. The van der Waals surface area contributed by atoms with Gasteiger partial charge in [-0.25, -0.2) is 19.2 Å². The first-order chi connectivity index (χ1) is 36.0. The van der Waals surface area contributed by atoms with Crippen LogP contribution in [0.4, 0.5) is 21.9 Å². The Morgan fingerprint density at radius 3 is 1.35 bits per heavy atom. The van der Waals surface area contributed by atoms with E-state index < -0.39 is 24.1 Å². The summed E-state index contributed by atoms with van der Waals surface area (Å²) in [5.41, 5.74) is 6.60. The number of esters is 3. The fraction of sp³-hybridized carbons (Fsp3) is 0.367. The van der Waals surface area contributed by atoms with Gasteiger partial charge in [0, 0.05) is 31.9 Å². The number of benzene rings is 5. The highest BCUT2D eigenvalue weighted by Gasteiger charge is 2.22. The van der Waals surface area contributed by atoms with Gasteiger partial charge in [0.15, 0.2) is 0 Å². The second kappa shape index (κ2) is 32.4. The van der Waals surface area contributed by atoms with E-state index in [1.54, 1.807) is 6.07 Å². The predicted molar refractivity (Wildman–Crippen MR) is 289 cm³/mol. The molecular formula is C60H71N3O11. The molecule has 392 valence electrons. The minimum atomic E-state index is -1.68. The van der Waals surface area contributed by atoms with Gasteiger partial charge in [-0.1, -0.05) is 69.2 Å². The predicted octanol–water partition coefficient (Wildman–Crippen LogP) is 14.6. The summed E-state index contributed by atoms with van der Waals surface area (Å²) in [6, 6.07) is 34.4. The van der Waals surface area contributed by atoms with Crippen LogP contribution >= 0.6 is 0 Å². The van der Waals surface area contributed by atoms with Gasteiger partial charge in [-0.2, -0.15) is 10.2 Å². The largest absolute Gasteiger partial charge is 0.513 e. The van der Waals surface area contributed by atoms with Crippen LogP contribution in [0.15, 0.2) is 145 Å². The third-order valence-electron chi connectivity index (χ3n) is 12.0. The van der Waals surface area contributed by atoms with Crippen LogP contribution in [0.5, 0.6) is 17.2 Å². The van der Waals surface area contributed by atoms with Crippen LogP contribution in [-0.4, -0.2) is 76.3 Å². The molecule has 0 saturated heterocycles. The molecule has 0 saturated carbocycles. The Balaban J connectivity index is 1.19. The molecule has 5 aromatic rings. The van der Waals surface area contributed by atoms with E-state index in [1.807, 2.05) is 116 Å². The monoisotopic (exact) mass is 1010 g/mol. The number of hydrogen-bond donors (Lipinski definition) is 1. The summed E-state index contributed by atoms with van der Waals surface area (Å²) in [4.78, 5) is 50.0. The molecular weight excluding hydrogens is 939 g/mol. The van der Waals surface area contributed by atoms with E-state index >= 15 is 0 Å². The van der Waals surface area contributed by atoms with Crippen LogP contribution in [0, 0.1) is 0 Å². The molecule has 0 unspecified atom stereocenters. The smallest absolute Gasteiger partial charge is 0.494 e. The molecule has 5 aromatic carbocycles. The van der Waals surface area contributed by atoms with E-state index in [-0.39, 0.29) is 5.56 Å². The fourth-order valence-electron chi connectivity index (χ4n) is 7.98. The summed E-state index contributed by atoms with van der Waals surface area (Å²) in [6.07, 6.45) is 13.9. The van der Waals surface area contributed by atoms with E-state index in [9.17, 15) is 24.3 Å². The van der Waals surface area contributed by atoms with E-state index in [1.165, 1.54) is 0 Å². The van der Waals surface area contributed by atoms with Crippen molar-refractivity contribution in [2.45, 2.75) is 96.3 Å². The number of aryl methyl sites for hydroxylation is 1. The normalized spacial score (nSPS) is 10.9. The second-order valence-electron chi connectivity index (χ2n) is 17.9. The number of anilines is 1. The van der Waals surface area contributed by atoms with Crippen molar-refractivity contribution >= 4 is 41.1 Å². The molecule has 0 aliphatic rings. The van der Waals surface area contributed by atoms with Gasteiger partial charge in [0.25, 0.3) is 0 Å². The molecule has 0 amide bonds. The number of rotatable bonds is 34. The van der Waals surface area contributed by atoms with E-state index in [0.29, 0.717) is 56.5 Å². The van der Waals surface area contributed by atoms with Gasteiger partial charge < -0.3 is 38.4 Å². The minimum absolute atomic E-state index is 0.150. The van der Waals surface area contributed by atoms with Gasteiger partial charge in [0.05, 0.1) is 50.0 Å². The average Bonchev–Trinajstić information content (AvgIpc) is 3.41.